The van der Waals surface area contributed by atoms with E-state index in [1.54, 1.807) is 22.6 Å². The molecular formula is C2H3IO. The lowest BCUT2D eigenvalue weighted by molar-refractivity contribution is 0.468. The molecule has 0 aromatic heterocycles. The average Bonchev–Trinajstić information content (AvgIpc) is 0.811. The molecule has 2 heteroatoms. The standard InChI is InChI=1S/C2H3IO/c1-2(3)4/h4H,1H2. The molecule has 0 saturated heterocycles. The molecule has 24 valence electrons. The molecule has 0 aromatic rings. The van der Waals surface area contributed by atoms with Gasteiger partial charge in [0.2, 0.25) is 0 Å². The number of rotatable bonds is 0. The maximum Gasteiger partial charge on any atom is 0.146 e. The summed E-state index contributed by atoms with van der Waals surface area (Å²) < 4.78 is 0.137. The van der Waals surface area contributed by atoms with Crippen LogP contribution in [0.4, 0.5) is 0 Å². The van der Waals surface area contributed by atoms with Crippen molar-refractivity contribution in [3.05, 3.63) is 10.3 Å². The minimum atomic E-state index is 0.137. The number of hydrogen-bond donors (Lipinski definition) is 1. The van der Waals surface area contributed by atoms with Crippen LogP contribution in [0.15, 0.2) is 10.3 Å². The number of aliphatic hydroxyl groups is 1. The fourth-order valence-corrected chi connectivity index (χ4v) is 0. The summed E-state index contributed by atoms with van der Waals surface area (Å²) in [4.78, 5) is 0. The smallest absolute Gasteiger partial charge is 0.146 e. The Labute approximate surface area is 38.5 Å². The number of hydrogen-bond acceptors (Lipinski definition) is 1. The lowest BCUT2D eigenvalue weighted by Crippen LogP contribution is -1.45. The molecule has 1 N–H and O–H groups in total. The van der Waals surface area contributed by atoms with Gasteiger partial charge in [0.05, 0.1) is 0 Å². The zero-order chi connectivity index (χ0) is 3.58. The van der Waals surface area contributed by atoms with Gasteiger partial charge in [0, 0.05) is 0 Å². The fraction of sp³-hybridized carbons (Fsp3) is 0. The van der Waals surface area contributed by atoms with Gasteiger partial charge in [-0.25, -0.2) is 0 Å². The van der Waals surface area contributed by atoms with Crippen molar-refractivity contribution in [1.82, 2.24) is 0 Å². The highest BCUT2D eigenvalue weighted by Crippen LogP contribution is 1.89. The van der Waals surface area contributed by atoms with Crippen molar-refractivity contribution in [3.63, 3.8) is 0 Å². The van der Waals surface area contributed by atoms with Gasteiger partial charge in [-0.05, 0) is 22.6 Å². The van der Waals surface area contributed by atoms with Gasteiger partial charge in [0.15, 0.2) is 0 Å². The molecule has 0 aliphatic heterocycles. The first kappa shape index (κ1) is 4.27. The zero-order valence-electron chi connectivity index (χ0n) is 2.03. The topological polar surface area (TPSA) is 20.2 Å². The normalized spacial score (nSPS) is 6.25. The third-order valence-corrected chi connectivity index (χ3v) is 0. The van der Waals surface area contributed by atoms with Crippen LogP contribution in [-0.2, 0) is 0 Å². The van der Waals surface area contributed by atoms with Crippen molar-refractivity contribution in [2.24, 2.45) is 0 Å². The first-order valence-electron chi connectivity index (χ1n) is 0.766. The van der Waals surface area contributed by atoms with Crippen molar-refractivity contribution in [1.29, 1.82) is 0 Å². The van der Waals surface area contributed by atoms with Crippen LogP contribution in [0.3, 0.4) is 0 Å². The van der Waals surface area contributed by atoms with Crippen LogP contribution in [0.5, 0.6) is 0 Å². The Morgan fingerprint density at radius 1 is 2.00 bits per heavy atom. The number of aliphatic hydroxyl groups excluding tert-OH is 1. The fourth-order valence-electron chi connectivity index (χ4n) is 0. The van der Waals surface area contributed by atoms with E-state index in [0.29, 0.717) is 0 Å². The van der Waals surface area contributed by atoms with Crippen molar-refractivity contribution < 1.29 is 5.11 Å². The quantitative estimate of drug-likeness (QED) is 0.430. The second-order valence-electron chi connectivity index (χ2n) is 0.376. The van der Waals surface area contributed by atoms with Crippen LogP contribution in [0, 0.1) is 0 Å². The van der Waals surface area contributed by atoms with Crippen LogP contribution >= 0.6 is 22.6 Å². The molecule has 0 spiro atoms. The SMILES string of the molecule is C=C(O)I. The molecule has 0 fully saturated rings. The summed E-state index contributed by atoms with van der Waals surface area (Å²) in [6.45, 7) is 3.10. The van der Waals surface area contributed by atoms with E-state index < -0.39 is 0 Å². The molecule has 0 saturated carbocycles. The van der Waals surface area contributed by atoms with E-state index in [2.05, 4.69) is 6.58 Å². The first-order chi connectivity index (χ1) is 1.73. The van der Waals surface area contributed by atoms with E-state index in [4.69, 9.17) is 5.11 Å². The molecule has 0 aliphatic carbocycles. The molecule has 0 rings (SSSR count). The van der Waals surface area contributed by atoms with E-state index in [1.807, 2.05) is 0 Å². The van der Waals surface area contributed by atoms with Crippen LogP contribution in [0.25, 0.3) is 0 Å². The Hall–Kier alpha value is 0.270. The highest BCUT2D eigenvalue weighted by Gasteiger charge is 1.57. The Kier molecular flexibility index (Phi) is 1.68. The third kappa shape index (κ3) is 50.2. The summed E-state index contributed by atoms with van der Waals surface area (Å²) in [5.41, 5.74) is 0. The molecule has 0 amide bonds. The summed E-state index contributed by atoms with van der Waals surface area (Å²) >= 11 is 1.70. The van der Waals surface area contributed by atoms with E-state index in [9.17, 15) is 0 Å². The van der Waals surface area contributed by atoms with Crippen molar-refractivity contribution in [2.75, 3.05) is 0 Å². The summed E-state index contributed by atoms with van der Waals surface area (Å²) in [7, 11) is 0. The van der Waals surface area contributed by atoms with E-state index >= 15 is 0 Å². The Morgan fingerprint density at radius 2 is 2.00 bits per heavy atom. The monoisotopic (exact) mass is 170 g/mol. The molecular weight excluding hydrogens is 167 g/mol. The highest BCUT2D eigenvalue weighted by atomic mass is 127. The predicted molar refractivity (Wildman–Crippen MR) is 25.8 cm³/mol. The highest BCUT2D eigenvalue weighted by molar-refractivity contribution is 14.1. The Bertz CT molecular complexity index is 29.0. The van der Waals surface area contributed by atoms with Gasteiger partial charge in [-0.15, -0.1) is 0 Å². The van der Waals surface area contributed by atoms with Crippen LogP contribution in [-0.4, -0.2) is 5.11 Å². The third-order valence-electron chi connectivity index (χ3n) is 0. The predicted octanol–water partition coefficient (Wildman–Crippen LogP) is 1.45. The molecule has 0 bridgehead atoms. The van der Waals surface area contributed by atoms with Gasteiger partial charge >= 0.3 is 0 Å². The van der Waals surface area contributed by atoms with E-state index in [1.165, 1.54) is 0 Å². The summed E-state index contributed by atoms with van der Waals surface area (Å²) in [5.74, 6) is 0. The Balaban J connectivity index is 2.80. The van der Waals surface area contributed by atoms with Crippen LogP contribution in [0.1, 0.15) is 0 Å². The largest absolute Gasteiger partial charge is 0.503 e. The second-order valence-corrected chi connectivity index (χ2v) is 1.62. The molecule has 0 aliphatic rings. The molecule has 0 atom stereocenters. The molecule has 1 nitrogen and oxygen atoms in total. The second kappa shape index (κ2) is 1.58. The van der Waals surface area contributed by atoms with Gasteiger partial charge in [-0.2, -0.15) is 0 Å². The summed E-state index contributed by atoms with van der Waals surface area (Å²) in [6, 6.07) is 0. The average molecular weight is 170 g/mol. The molecule has 0 radical (unpaired) electrons. The van der Waals surface area contributed by atoms with Gasteiger partial charge in [-0.1, -0.05) is 6.58 Å². The summed E-state index contributed by atoms with van der Waals surface area (Å²) in [6.07, 6.45) is 0. The van der Waals surface area contributed by atoms with Crippen LogP contribution < -0.4 is 0 Å². The minimum absolute atomic E-state index is 0.137. The minimum Gasteiger partial charge on any atom is -0.503 e. The maximum absolute atomic E-state index is 7.85. The van der Waals surface area contributed by atoms with Crippen molar-refractivity contribution >= 4 is 22.6 Å². The van der Waals surface area contributed by atoms with Gasteiger partial charge in [0.1, 0.15) is 3.77 Å². The lowest BCUT2D eigenvalue weighted by Gasteiger charge is -1.65. The van der Waals surface area contributed by atoms with Gasteiger partial charge < -0.3 is 5.11 Å². The summed E-state index contributed by atoms with van der Waals surface area (Å²) in [5, 5.41) is 7.85. The Morgan fingerprint density at radius 3 is 2.00 bits per heavy atom. The van der Waals surface area contributed by atoms with E-state index in [-0.39, 0.29) is 3.77 Å². The first-order valence-corrected chi connectivity index (χ1v) is 1.84. The molecule has 0 aromatic carbocycles. The maximum atomic E-state index is 7.85. The lowest BCUT2D eigenvalue weighted by atomic mass is 11.2. The molecule has 0 unspecified atom stereocenters. The molecule has 4 heavy (non-hydrogen) atoms. The van der Waals surface area contributed by atoms with Crippen molar-refractivity contribution in [2.45, 2.75) is 0 Å². The van der Waals surface area contributed by atoms with Gasteiger partial charge in [-0.3, -0.25) is 0 Å². The zero-order valence-corrected chi connectivity index (χ0v) is 4.19. The van der Waals surface area contributed by atoms with Crippen molar-refractivity contribution in [3.8, 4) is 0 Å². The van der Waals surface area contributed by atoms with Crippen LogP contribution in [0.2, 0.25) is 0 Å². The van der Waals surface area contributed by atoms with Gasteiger partial charge in [0.25, 0.3) is 0 Å². The van der Waals surface area contributed by atoms with E-state index in [0.717, 1.165) is 0 Å². The number of halogens is 1. The molecule has 0 heterocycles.